The predicted octanol–water partition coefficient (Wildman–Crippen LogP) is 3.47. The lowest BCUT2D eigenvalue weighted by molar-refractivity contribution is -0.117. The van der Waals surface area contributed by atoms with Crippen LogP contribution in [0.5, 0.6) is 0 Å². The fourth-order valence-electron chi connectivity index (χ4n) is 2.64. The second-order valence-electron chi connectivity index (χ2n) is 5.57. The summed E-state index contributed by atoms with van der Waals surface area (Å²) < 4.78 is 0. The normalized spacial score (nSPS) is 19.2. The van der Waals surface area contributed by atoms with E-state index in [2.05, 4.69) is 25.3 Å². The van der Waals surface area contributed by atoms with Gasteiger partial charge in [0.05, 0.1) is 0 Å². The number of amides is 1. The number of hydrogen-bond donors (Lipinski definition) is 1. The zero-order chi connectivity index (χ0) is 16.7. The molecule has 2 atom stereocenters. The van der Waals surface area contributed by atoms with Crippen LogP contribution >= 0.6 is 23.2 Å². The molecular formula is C16H11Cl2N5O. The van der Waals surface area contributed by atoms with Gasteiger partial charge in [-0.3, -0.25) is 4.79 Å². The smallest absolute Gasteiger partial charge is 0.229 e. The maximum atomic E-state index is 12.4. The molecule has 3 aromatic heterocycles. The molecule has 0 radical (unpaired) electrons. The van der Waals surface area contributed by atoms with Crippen molar-refractivity contribution in [1.82, 2.24) is 19.9 Å². The minimum absolute atomic E-state index is 0.0692. The number of carbonyl (C=O) groups excluding carboxylic acids is 1. The van der Waals surface area contributed by atoms with Crippen LogP contribution in [0, 0.1) is 5.92 Å². The molecule has 0 spiro atoms. The summed E-state index contributed by atoms with van der Waals surface area (Å²) in [5.41, 5.74) is 0. The van der Waals surface area contributed by atoms with Gasteiger partial charge in [0.25, 0.3) is 0 Å². The Balaban J connectivity index is 1.52. The lowest BCUT2D eigenvalue weighted by Gasteiger charge is -2.06. The van der Waals surface area contributed by atoms with E-state index < -0.39 is 0 Å². The van der Waals surface area contributed by atoms with Crippen LogP contribution in [-0.2, 0) is 4.79 Å². The molecule has 3 heterocycles. The molecule has 1 saturated carbocycles. The van der Waals surface area contributed by atoms with E-state index in [1.807, 2.05) is 0 Å². The largest absolute Gasteiger partial charge is 0.310 e. The Labute approximate surface area is 147 Å². The van der Waals surface area contributed by atoms with Crippen LogP contribution in [0.15, 0.2) is 36.8 Å². The van der Waals surface area contributed by atoms with Crippen molar-refractivity contribution in [3.8, 4) is 0 Å². The molecule has 0 bridgehead atoms. The molecule has 8 heteroatoms. The van der Waals surface area contributed by atoms with Crippen molar-refractivity contribution in [1.29, 1.82) is 0 Å². The Hall–Kier alpha value is -2.31. The van der Waals surface area contributed by atoms with E-state index in [0.717, 1.165) is 11.8 Å². The Morgan fingerprint density at radius 1 is 1.17 bits per heavy atom. The Morgan fingerprint density at radius 2 is 1.96 bits per heavy atom. The van der Waals surface area contributed by atoms with Crippen molar-refractivity contribution < 1.29 is 4.79 Å². The van der Waals surface area contributed by atoms with E-state index in [9.17, 15) is 4.79 Å². The van der Waals surface area contributed by atoms with E-state index in [1.165, 1.54) is 0 Å². The van der Waals surface area contributed by atoms with E-state index in [0.29, 0.717) is 22.2 Å². The first-order valence-corrected chi connectivity index (χ1v) is 8.07. The van der Waals surface area contributed by atoms with Gasteiger partial charge in [0.2, 0.25) is 5.91 Å². The Kier molecular flexibility index (Phi) is 3.78. The van der Waals surface area contributed by atoms with Crippen molar-refractivity contribution >= 4 is 45.7 Å². The second kappa shape index (κ2) is 5.96. The second-order valence-corrected chi connectivity index (χ2v) is 6.32. The van der Waals surface area contributed by atoms with Crippen LogP contribution in [0.1, 0.15) is 18.2 Å². The average molecular weight is 360 g/mol. The number of aromatic nitrogens is 4. The van der Waals surface area contributed by atoms with Gasteiger partial charge in [-0.05, 0) is 30.0 Å². The molecule has 1 aliphatic rings. The minimum atomic E-state index is -0.130. The summed E-state index contributed by atoms with van der Waals surface area (Å²) in [6.07, 6.45) is 5.68. The molecule has 1 amide bonds. The first-order chi connectivity index (χ1) is 11.6. The lowest BCUT2D eigenvalue weighted by Crippen LogP contribution is -2.15. The van der Waals surface area contributed by atoms with Crippen LogP contribution in [0.4, 0.5) is 5.82 Å². The molecule has 3 aromatic rings. The third-order valence-corrected chi connectivity index (χ3v) is 4.42. The van der Waals surface area contributed by atoms with Gasteiger partial charge < -0.3 is 5.32 Å². The fourth-order valence-corrected chi connectivity index (χ4v) is 3.13. The SMILES string of the molecule is O=C(Nc1cc2cc(Cl)nc(Cl)c2cn1)C1CC1c1ncccn1. The summed E-state index contributed by atoms with van der Waals surface area (Å²) in [5, 5.41) is 4.85. The number of pyridine rings is 2. The Morgan fingerprint density at radius 3 is 2.75 bits per heavy atom. The summed E-state index contributed by atoms with van der Waals surface area (Å²) in [6.45, 7) is 0. The number of nitrogens with zero attached hydrogens (tertiary/aromatic N) is 4. The fraction of sp³-hybridized carbons (Fsp3) is 0.188. The van der Waals surface area contributed by atoms with Crippen LogP contribution in [0.2, 0.25) is 10.3 Å². The van der Waals surface area contributed by atoms with Gasteiger partial charge in [-0.1, -0.05) is 23.2 Å². The van der Waals surface area contributed by atoms with Gasteiger partial charge in [-0.15, -0.1) is 0 Å². The number of fused-ring (bicyclic) bond motifs is 1. The van der Waals surface area contributed by atoms with Crippen molar-refractivity contribution in [2.45, 2.75) is 12.3 Å². The number of carbonyl (C=O) groups is 1. The van der Waals surface area contributed by atoms with Gasteiger partial charge >= 0.3 is 0 Å². The van der Waals surface area contributed by atoms with Gasteiger partial charge in [-0.2, -0.15) is 0 Å². The zero-order valence-corrected chi connectivity index (χ0v) is 13.8. The summed E-state index contributed by atoms with van der Waals surface area (Å²) in [6, 6.07) is 5.16. The van der Waals surface area contributed by atoms with Crippen molar-refractivity contribution in [2.75, 3.05) is 5.32 Å². The highest BCUT2D eigenvalue weighted by Gasteiger charge is 2.46. The number of nitrogens with one attached hydrogen (secondary N) is 1. The molecule has 1 aliphatic carbocycles. The highest BCUT2D eigenvalue weighted by atomic mass is 35.5. The van der Waals surface area contributed by atoms with Gasteiger partial charge in [0.1, 0.15) is 21.9 Å². The number of anilines is 1. The zero-order valence-electron chi connectivity index (χ0n) is 12.3. The van der Waals surface area contributed by atoms with Gasteiger partial charge in [0, 0.05) is 35.8 Å². The molecule has 0 aromatic carbocycles. The predicted molar refractivity (Wildman–Crippen MR) is 91.1 cm³/mol. The monoisotopic (exact) mass is 359 g/mol. The van der Waals surface area contributed by atoms with E-state index in [4.69, 9.17) is 23.2 Å². The lowest BCUT2D eigenvalue weighted by atomic mass is 10.2. The van der Waals surface area contributed by atoms with E-state index in [-0.39, 0.29) is 22.9 Å². The number of halogens is 2. The molecule has 4 rings (SSSR count). The molecule has 24 heavy (non-hydrogen) atoms. The molecular weight excluding hydrogens is 349 g/mol. The first-order valence-electron chi connectivity index (χ1n) is 7.31. The molecule has 0 aliphatic heterocycles. The van der Waals surface area contributed by atoms with Crippen molar-refractivity contribution in [2.24, 2.45) is 5.92 Å². The molecule has 0 saturated heterocycles. The third kappa shape index (κ3) is 2.90. The third-order valence-electron chi connectivity index (χ3n) is 3.93. The maximum Gasteiger partial charge on any atom is 0.229 e. The van der Waals surface area contributed by atoms with Crippen LogP contribution in [-0.4, -0.2) is 25.8 Å². The molecule has 2 unspecified atom stereocenters. The highest BCUT2D eigenvalue weighted by Crippen LogP contribution is 2.46. The average Bonchev–Trinajstić information content (AvgIpc) is 3.36. The molecule has 120 valence electrons. The summed E-state index contributed by atoms with van der Waals surface area (Å²) in [4.78, 5) is 28.9. The van der Waals surface area contributed by atoms with Gasteiger partial charge in [0.15, 0.2) is 0 Å². The van der Waals surface area contributed by atoms with Crippen molar-refractivity contribution in [3.63, 3.8) is 0 Å². The van der Waals surface area contributed by atoms with Crippen LogP contribution < -0.4 is 5.32 Å². The summed E-state index contributed by atoms with van der Waals surface area (Å²) in [5.74, 6) is 0.999. The van der Waals surface area contributed by atoms with Crippen molar-refractivity contribution in [3.05, 3.63) is 52.9 Å². The summed E-state index contributed by atoms with van der Waals surface area (Å²) >= 11 is 11.9. The van der Waals surface area contributed by atoms with Gasteiger partial charge in [-0.25, -0.2) is 19.9 Å². The maximum absolute atomic E-state index is 12.4. The molecule has 1 N–H and O–H groups in total. The standard InChI is InChI=1S/C16H11Cl2N5O/c17-12-4-8-5-13(21-7-11(8)14(18)22-12)23-16(24)10-6-9(10)15-19-2-1-3-20-15/h1-5,7,9-10H,6H2,(H,21,23,24). The highest BCUT2D eigenvalue weighted by molar-refractivity contribution is 6.36. The quantitative estimate of drug-likeness (QED) is 0.724. The molecule has 1 fully saturated rings. The summed E-state index contributed by atoms with van der Waals surface area (Å²) in [7, 11) is 0. The van der Waals surface area contributed by atoms with Crippen LogP contribution in [0.3, 0.4) is 0 Å². The van der Waals surface area contributed by atoms with E-state index >= 15 is 0 Å². The van der Waals surface area contributed by atoms with E-state index in [1.54, 1.807) is 36.8 Å². The molecule has 6 nitrogen and oxygen atoms in total. The topological polar surface area (TPSA) is 80.7 Å². The minimum Gasteiger partial charge on any atom is -0.310 e. The Bertz CT molecular complexity index is 934. The number of hydrogen-bond acceptors (Lipinski definition) is 5. The van der Waals surface area contributed by atoms with Crippen LogP contribution in [0.25, 0.3) is 10.8 Å². The first kappa shape index (κ1) is 15.2. The number of rotatable bonds is 3.